The highest BCUT2D eigenvalue weighted by Gasteiger charge is 2.14. The maximum absolute atomic E-state index is 10.3. The number of nitrogens with zero attached hydrogens (tertiary/aromatic N) is 3. The van der Waals surface area contributed by atoms with Crippen LogP contribution in [0.3, 0.4) is 0 Å². The van der Waals surface area contributed by atoms with Gasteiger partial charge < -0.3 is 20.1 Å². The fourth-order valence-corrected chi connectivity index (χ4v) is 3.64. The van der Waals surface area contributed by atoms with Crippen LogP contribution in [0.1, 0.15) is 37.7 Å². The Morgan fingerprint density at radius 3 is 2.79 bits per heavy atom. The van der Waals surface area contributed by atoms with E-state index in [-0.39, 0.29) is 0 Å². The van der Waals surface area contributed by atoms with E-state index in [1.165, 1.54) is 31.2 Å². The Balaban J connectivity index is 1.33. The van der Waals surface area contributed by atoms with Crippen LogP contribution in [0.25, 0.3) is 0 Å². The molecular formula is C22H34N4O2. The molecule has 1 aliphatic rings. The van der Waals surface area contributed by atoms with Gasteiger partial charge in [-0.2, -0.15) is 5.10 Å². The maximum Gasteiger partial charge on any atom is 0.119 e. The predicted octanol–water partition coefficient (Wildman–Crippen LogP) is 2.68. The highest BCUT2D eigenvalue weighted by atomic mass is 16.5. The summed E-state index contributed by atoms with van der Waals surface area (Å²) < 4.78 is 7.79. The van der Waals surface area contributed by atoms with Gasteiger partial charge in [-0.3, -0.25) is 4.68 Å². The van der Waals surface area contributed by atoms with Gasteiger partial charge >= 0.3 is 0 Å². The number of nitrogens with one attached hydrogen (secondary N) is 1. The van der Waals surface area contributed by atoms with Gasteiger partial charge in [0.05, 0.1) is 0 Å². The van der Waals surface area contributed by atoms with Crippen LogP contribution in [0.2, 0.25) is 0 Å². The zero-order valence-corrected chi connectivity index (χ0v) is 16.8. The molecule has 0 saturated carbocycles. The number of likely N-dealkylation sites (tertiary alicyclic amines) is 1. The van der Waals surface area contributed by atoms with E-state index < -0.39 is 6.10 Å². The number of hydrogen-bond acceptors (Lipinski definition) is 5. The minimum atomic E-state index is -0.442. The molecule has 2 heterocycles. The lowest BCUT2D eigenvalue weighted by Gasteiger charge is -2.23. The number of benzene rings is 1. The summed E-state index contributed by atoms with van der Waals surface area (Å²) in [6, 6.07) is 10.1. The summed E-state index contributed by atoms with van der Waals surface area (Å²) in [4.78, 5) is 2.37. The summed E-state index contributed by atoms with van der Waals surface area (Å²) in [6.45, 7) is 5.93. The minimum Gasteiger partial charge on any atom is -0.491 e. The standard InChI is InChI=1S/C22H34N4O2/c27-21(18-25-12-3-1-2-4-13-25)19-28-22-9-5-8-20(16-22)17-23-10-6-14-26-15-7-11-24-26/h5,7-9,11,15-16,21,23,27H,1-4,6,10,12-14,17-19H2. The first-order chi connectivity index (χ1) is 13.8. The molecule has 0 radical (unpaired) electrons. The zero-order valence-electron chi connectivity index (χ0n) is 16.8. The van der Waals surface area contributed by atoms with E-state index in [0.717, 1.165) is 44.9 Å². The molecule has 3 rings (SSSR count). The fraction of sp³-hybridized carbons (Fsp3) is 0.591. The van der Waals surface area contributed by atoms with E-state index >= 15 is 0 Å². The monoisotopic (exact) mass is 386 g/mol. The minimum absolute atomic E-state index is 0.344. The SMILES string of the molecule is OC(COc1cccc(CNCCCn2cccn2)c1)CN1CCCCCC1. The Hall–Kier alpha value is -1.89. The van der Waals surface area contributed by atoms with Gasteiger partial charge in [0.1, 0.15) is 18.5 Å². The van der Waals surface area contributed by atoms with Crippen LogP contribution in [0, 0.1) is 0 Å². The van der Waals surface area contributed by atoms with Gasteiger partial charge in [0.25, 0.3) is 0 Å². The molecule has 0 spiro atoms. The van der Waals surface area contributed by atoms with Gasteiger partial charge in [-0.05, 0) is 62.7 Å². The Morgan fingerprint density at radius 1 is 1.14 bits per heavy atom. The molecule has 2 aromatic rings. The van der Waals surface area contributed by atoms with Crippen LogP contribution in [-0.2, 0) is 13.1 Å². The van der Waals surface area contributed by atoms with Gasteiger partial charge in [-0.15, -0.1) is 0 Å². The topological polar surface area (TPSA) is 62.6 Å². The van der Waals surface area contributed by atoms with Crippen molar-refractivity contribution in [2.24, 2.45) is 0 Å². The van der Waals surface area contributed by atoms with Gasteiger partial charge in [-0.25, -0.2) is 0 Å². The lowest BCUT2D eigenvalue weighted by Crippen LogP contribution is -2.36. The summed E-state index contributed by atoms with van der Waals surface area (Å²) in [6.07, 6.45) is 9.50. The number of rotatable bonds is 11. The van der Waals surface area contributed by atoms with Crippen LogP contribution in [0.15, 0.2) is 42.7 Å². The Labute approximate surface area is 168 Å². The number of aliphatic hydroxyl groups is 1. The second kappa shape index (κ2) is 11.8. The summed E-state index contributed by atoms with van der Waals surface area (Å²) >= 11 is 0. The van der Waals surface area contributed by atoms with Gasteiger partial charge in [-0.1, -0.05) is 25.0 Å². The fourth-order valence-electron chi connectivity index (χ4n) is 3.64. The number of hydrogen-bond donors (Lipinski definition) is 2. The van der Waals surface area contributed by atoms with Crippen LogP contribution in [0.4, 0.5) is 0 Å². The second-order valence-electron chi connectivity index (χ2n) is 7.63. The average Bonchev–Trinajstić information content (AvgIpc) is 3.10. The predicted molar refractivity (Wildman–Crippen MR) is 111 cm³/mol. The highest BCUT2D eigenvalue weighted by molar-refractivity contribution is 5.28. The van der Waals surface area contributed by atoms with E-state index in [9.17, 15) is 5.11 Å². The van der Waals surface area contributed by atoms with Crippen LogP contribution < -0.4 is 10.1 Å². The third kappa shape index (κ3) is 7.62. The summed E-state index contributed by atoms with van der Waals surface area (Å²) in [5.41, 5.74) is 1.19. The van der Waals surface area contributed by atoms with E-state index in [2.05, 4.69) is 27.4 Å². The van der Waals surface area contributed by atoms with Crippen molar-refractivity contribution in [1.29, 1.82) is 0 Å². The van der Waals surface area contributed by atoms with Crippen molar-refractivity contribution in [3.05, 3.63) is 48.3 Å². The molecule has 28 heavy (non-hydrogen) atoms. The first-order valence-electron chi connectivity index (χ1n) is 10.6. The molecule has 0 bridgehead atoms. The molecule has 1 atom stereocenters. The molecule has 6 nitrogen and oxygen atoms in total. The largest absolute Gasteiger partial charge is 0.491 e. The number of aryl methyl sites for hydroxylation is 1. The lowest BCUT2D eigenvalue weighted by molar-refractivity contribution is 0.0693. The molecule has 0 amide bonds. The zero-order chi connectivity index (χ0) is 19.4. The molecular weight excluding hydrogens is 352 g/mol. The van der Waals surface area contributed by atoms with Gasteiger partial charge in [0, 0.05) is 32.0 Å². The van der Waals surface area contributed by atoms with E-state index in [1.54, 1.807) is 0 Å². The molecule has 1 unspecified atom stereocenters. The smallest absolute Gasteiger partial charge is 0.119 e. The van der Waals surface area contributed by atoms with Gasteiger partial charge in [0.2, 0.25) is 0 Å². The maximum atomic E-state index is 10.3. The van der Waals surface area contributed by atoms with Crippen molar-refractivity contribution in [3.63, 3.8) is 0 Å². The number of β-amino-alcohol motifs (C(OH)–C–C–N with tert-alkyl or cyclic N) is 1. The summed E-state index contributed by atoms with van der Waals surface area (Å²) in [7, 11) is 0. The normalized spacial score (nSPS) is 16.6. The molecule has 1 aromatic heterocycles. The third-order valence-electron chi connectivity index (χ3n) is 5.14. The quantitative estimate of drug-likeness (QED) is 0.582. The first kappa shape index (κ1) is 20.8. The first-order valence-corrected chi connectivity index (χ1v) is 10.6. The van der Waals surface area contributed by atoms with E-state index in [0.29, 0.717) is 13.2 Å². The van der Waals surface area contributed by atoms with Crippen LogP contribution in [0.5, 0.6) is 5.75 Å². The van der Waals surface area contributed by atoms with E-state index in [1.807, 2.05) is 35.3 Å². The van der Waals surface area contributed by atoms with Crippen molar-refractivity contribution in [2.75, 3.05) is 32.8 Å². The van der Waals surface area contributed by atoms with Crippen LogP contribution in [-0.4, -0.2) is 58.7 Å². The van der Waals surface area contributed by atoms with E-state index in [4.69, 9.17) is 4.74 Å². The third-order valence-corrected chi connectivity index (χ3v) is 5.14. The lowest BCUT2D eigenvalue weighted by atomic mass is 10.2. The van der Waals surface area contributed by atoms with Crippen LogP contribution >= 0.6 is 0 Å². The molecule has 1 aliphatic heterocycles. The Kier molecular flexibility index (Phi) is 8.81. The van der Waals surface area contributed by atoms with Crippen molar-refractivity contribution < 1.29 is 9.84 Å². The Bertz CT molecular complexity index is 654. The van der Waals surface area contributed by atoms with Crippen molar-refractivity contribution >= 4 is 0 Å². The Morgan fingerprint density at radius 2 is 2.00 bits per heavy atom. The van der Waals surface area contributed by atoms with Crippen molar-refractivity contribution in [2.45, 2.75) is 51.3 Å². The molecule has 2 N–H and O–H groups in total. The van der Waals surface area contributed by atoms with Crippen molar-refractivity contribution in [1.82, 2.24) is 20.0 Å². The molecule has 1 aromatic carbocycles. The molecule has 6 heteroatoms. The van der Waals surface area contributed by atoms with Crippen molar-refractivity contribution in [3.8, 4) is 5.75 Å². The molecule has 1 fully saturated rings. The number of aliphatic hydroxyl groups excluding tert-OH is 1. The molecule has 0 aliphatic carbocycles. The molecule has 1 saturated heterocycles. The summed E-state index contributed by atoms with van der Waals surface area (Å²) in [5.74, 6) is 0.825. The number of ether oxygens (including phenoxy) is 1. The molecule has 154 valence electrons. The summed E-state index contributed by atoms with van der Waals surface area (Å²) in [5, 5.41) is 18.0. The number of aromatic nitrogens is 2. The highest BCUT2D eigenvalue weighted by Crippen LogP contribution is 2.14. The second-order valence-corrected chi connectivity index (χ2v) is 7.63. The average molecular weight is 387 g/mol. The van der Waals surface area contributed by atoms with Gasteiger partial charge in [0.15, 0.2) is 0 Å².